The average molecular weight is 244 g/mol. The molecule has 0 heterocycles. The first-order valence-electron chi connectivity index (χ1n) is 6.42. The second-order valence-electron chi connectivity index (χ2n) is 3.92. The molecule has 0 amide bonds. The molecule has 0 aliphatic carbocycles. The highest BCUT2D eigenvalue weighted by atomic mass is 16.6. The van der Waals surface area contributed by atoms with Gasteiger partial charge in [-0.15, -0.1) is 0 Å². The van der Waals surface area contributed by atoms with Crippen molar-refractivity contribution < 1.29 is 14.3 Å². The Morgan fingerprint density at radius 1 is 1.12 bits per heavy atom. The fraction of sp³-hybridized carbons (Fsp3) is 0.786. The van der Waals surface area contributed by atoms with Gasteiger partial charge in [-0.25, -0.2) is 4.79 Å². The molecule has 0 N–H and O–H groups in total. The van der Waals surface area contributed by atoms with E-state index in [2.05, 4.69) is 6.58 Å². The molecule has 0 fully saturated rings. The van der Waals surface area contributed by atoms with Gasteiger partial charge in [-0.05, 0) is 39.7 Å². The van der Waals surface area contributed by atoms with Gasteiger partial charge in [-0.2, -0.15) is 0 Å². The molecule has 0 aromatic carbocycles. The van der Waals surface area contributed by atoms with Crippen molar-refractivity contribution in [3.63, 3.8) is 0 Å². The van der Waals surface area contributed by atoms with Crippen molar-refractivity contribution in [3.05, 3.63) is 12.2 Å². The number of hydrogen-bond acceptors (Lipinski definition) is 3. The summed E-state index contributed by atoms with van der Waals surface area (Å²) in [5, 5.41) is 0. The van der Waals surface area contributed by atoms with Crippen LogP contribution < -0.4 is 0 Å². The maximum absolute atomic E-state index is 11.5. The van der Waals surface area contributed by atoms with E-state index in [-0.39, 0.29) is 18.2 Å². The number of carbonyl (C=O) groups excluding carboxylic acids is 1. The first kappa shape index (κ1) is 18.5. The van der Waals surface area contributed by atoms with Crippen molar-refractivity contribution in [1.29, 1.82) is 0 Å². The fourth-order valence-corrected chi connectivity index (χ4v) is 1.10. The number of hydrogen-bond donors (Lipinski definition) is 0. The van der Waals surface area contributed by atoms with Crippen molar-refractivity contribution in [3.8, 4) is 0 Å². The van der Waals surface area contributed by atoms with Crippen LogP contribution in [0.25, 0.3) is 0 Å². The Labute approximate surface area is 106 Å². The highest BCUT2D eigenvalue weighted by molar-refractivity contribution is 5.74. The van der Waals surface area contributed by atoms with Crippen LogP contribution >= 0.6 is 0 Å². The molecule has 0 saturated heterocycles. The molecule has 0 aromatic heterocycles. The van der Waals surface area contributed by atoms with E-state index >= 15 is 0 Å². The molecule has 0 radical (unpaired) electrons. The van der Waals surface area contributed by atoms with Gasteiger partial charge in [0.1, 0.15) is 6.10 Å². The SMILES string of the molecule is C=C(CC)[C@@H](C)OC(=O)[C@@H](C)OC(C)C.CC. The summed E-state index contributed by atoms with van der Waals surface area (Å²) in [6.45, 7) is 17.1. The third kappa shape index (κ3) is 8.93. The summed E-state index contributed by atoms with van der Waals surface area (Å²) >= 11 is 0. The predicted octanol–water partition coefficient (Wildman–Crippen LogP) is 3.72. The van der Waals surface area contributed by atoms with Crippen LogP contribution in [0.1, 0.15) is 54.9 Å². The summed E-state index contributed by atoms with van der Waals surface area (Å²) in [6, 6.07) is 0. The maximum Gasteiger partial charge on any atom is 0.335 e. The van der Waals surface area contributed by atoms with Crippen molar-refractivity contribution >= 4 is 5.97 Å². The van der Waals surface area contributed by atoms with Gasteiger partial charge in [0.2, 0.25) is 0 Å². The number of carbonyl (C=O) groups is 1. The number of rotatable bonds is 6. The van der Waals surface area contributed by atoms with Gasteiger partial charge >= 0.3 is 5.97 Å². The summed E-state index contributed by atoms with van der Waals surface area (Å²) in [7, 11) is 0. The average Bonchev–Trinajstić information content (AvgIpc) is 2.29. The molecule has 0 saturated carbocycles. The van der Waals surface area contributed by atoms with Crippen LogP contribution in [0.5, 0.6) is 0 Å². The van der Waals surface area contributed by atoms with Crippen LogP contribution in [-0.2, 0) is 14.3 Å². The van der Waals surface area contributed by atoms with Gasteiger partial charge < -0.3 is 9.47 Å². The number of ether oxygens (including phenoxy) is 2. The smallest absolute Gasteiger partial charge is 0.335 e. The Morgan fingerprint density at radius 3 is 1.94 bits per heavy atom. The monoisotopic (exact) mass is 244 g/mol. The van der Waals surface area contributed by atoms with E-state index in [9.17, 15) is 4.79 Å². The van der Waals surface area contributed by atoms with Gasteiger partial charge in [-0.1, -0.05) is 27.4 Å². The van der Waals surface area contributed by atoms with E-state index in [1.165, 1.54) is 0 Å². The second kappa shape index (κ2) is 10.3. The largest absolute Gasteiger partial charge is 0.456 e. The first-order valence-corrected chi connectivity index (χ1v) is 6.42. The zero-order chi connectivity index (χ0) is 14.0. The molecular weight excluding hydrogens is 216 g/mol. The van der Waals surface area contributed by atoms with E-state index in [1.54, 1.807) is 6.92 Å². The minimum atomic E-state index is -0.517. The molecule has 0 aromatic rings. The summed E-state index contributed by atoms with van der Waals surface area (Å²) in [6.07, 6.45) is 0.0866. The molecule has 0 rings (SSSR count). The molecule has 3 heteroatoms. The third-order valence-electron chi connectivity index (χ3n) is 2.13. The van der Waals surface area contributed by atoms with Gasteiger partial charge in [-0.3, -0.25) is 0 Å². The van der Waals surface area contributed by atoms with Gasteiger partial charge in [0, 0.05) is 0 Å². The summed E-state index contributed by atoms with van der Waals surface area (Å²) in [5.74, 6) is -0.328. The van der Waals surface area contributed by atoms with E-state index in [0.717, 1.165) is 12.0 Å². The Bertz CT molecular complexity index is 222. The highest BCUT2D eigenvalue weighted by Crippen LogP contribution is 2.10. The Hall–Kier alpha value is -0.830. The van der Waals surface area contributed by atoms with E-state index in [4.69, 9.17) is 9.47 Å². The van der Waals surface area contributed by atoms with Gasteiger partial charge in [0.25, 0.3) is 0 Å². The third-order valence-corrected chi connectivity index (χ3v) is 2.13. The predicted molar refractivity (Wildman–Crippen MR) is 72.0 cm³/mol. The lowest BCUT2D eigenvalue weighted by Crippen LogP contribution is -2.29. The molecule has 0 unspecified atom stereocenters. The Kier molecular flexibility index (Phi) is 11.3. The van der Waals surface area contributed by atoms with E-state index < -0.39 is 6.10 Å². The van der Waals surface area contributed by atoms with Crippen molar-refractivity contribution in [2.75, 3.05) is 0 Å². The van der Waals surface area contributed by atoms with E-state index in [1.807, 2.05) is 41.5 Å². The number of esters is 1. The molecule has 0 aliphatic rings. The first-order chi connectivity index (χ1) is 7.88. The molecule has 17 heavy (non-hydrogen) atoms. The summed E-state index contributed by atoms with van der Waals surface area (Å²) in [5.41, 5.74) is 0.917. The van der Waals surface area contributed by atoms with Crippen LogP contribution in [0.15, 0.2) is 12.2 Å². The van der Waals surface area contributed by atoms with E-state index in [0.29, 0.717) is 0 Å². The molecule has 2 atom stereocenters. The van der Waals surface area contributed by atoms with Crippen molar-refractivity contribution in [2.45, 2.75) is 73.2 Å². The lowest BCUT2D eigenvalue weighted by molar-refractivity contribution is -0.161. The lowest BCUT2D eigenvalue weighted by atomic mass is 10.1. The summed E-state index contributed by atoms with van der Waals surface area (Å²) < 4.78 is 10.5. The molecule has 0 aliphatic heterocycles. The topological polar surface area (TPSA) is 35.5 Å². The van der Waals surface area contributed by atoms with Crippen LogP contribution in [0.3, 0.4) is 0 Å². The van der Waals surface area contributed by atoms with Crippen LogP contribution in [0.2, 0.25) is 0 Å². The van der Waals surface area contributed by atoms with Gasteiger partial charge in [0.15, 0.2) is 6.10 Å². The highest BCUT2D eigenvalue weighted by Gasteiger charge is 2.19. The standard InChI is InChI=1S/C12H22O3.C2H6/c1-7-9(4)10(5)15-12(13)11(6)14-8(2)3;1-2/h8,10-11H,4,7H2,1-3,5-6H3;1-2H3/t10-,11-;/m1./s1. The van der Waals surface area contributed by atoms with Gasteiger partial charge in [0.05, 0.1) is 6.10 Å². The molecular formula is C14H28O3. The maximum atomic E-state index is 11.5. The second-order valence-corrected chi connectivity index (χ2v) is 3.92. The van der Waals surface area contributed by atoms with Crippen LogP contribution in [-0.4, -0.2) is 24.3 Å². The van der Waals surface area contributed by atoms with Crippen LogP contribution in [0.4, 0.5) is 0 Å². The zero-order valence-electron chi connectivity index (χ0n) is 12.4. The molecule has 0 bridgehead atoms. The summed E-state index contributed by atoms with van der Waals surface area (Å²) in [4.78, 5) is 11.5. The quantitative estimate of drug-likeness (QED) is 0.527. The Balaban J connectivity index is 0. The van der Waals surface area contributed by atoms with Crippen molar-refractivity contribution in [1.82, 2.24) is 0 Å². The van der Waals surface area contributed by atoms with Crippen molar-refractivity contribution in [2.24, 2.45) is 0 Å². The normalized spacial score (nSPS) is 13.4. The molecule has 0 spiro atoms. The lowest BCUT2D eigenvalue weighted by Gasteiger charge is -2.19. The minimum Gasteiger partial charge on any atom is -0.456 e. The Morgan fingerprint density at radius 2 is 1.59 bits per heavy atom. The fourth-order valence-electron chi connectivity index (χ4n) is 1.10. The molecule has 102 valence electrons. The van der Waals surface area contributed by atoms with Crippen LogP contribution in [0, 0.1) is 0 Å². The molecule has 3 nitrogen and oxygen atoms in total. The zero-order valence-corrected chi connectivity index (χ0v) is 12.4. The minimum absolute atomic E-state index is 0.0252.